The number of carbonyl (C=O) groups excluding carboxylic acids is 1. The average Bonchev–Trinajstić information content (AvgIpc) is 2.72. The van der Waals surface area contributed by atoms with Gasteiger partial charge in [0.15, 0.2) is 0 Å². The van der Waals surface area contributed by atoms with Crippen molar-refractivity contribution in [3.05, 3.63) is 76.1 Å². The van der Waals surface area contributed by atoms with Crippen LogP contribution >= 0.6 is 0 Å². The van der Waals surface area contributed by atoms with E-state index >= 15 is 0 Å². The Hall–Kier alpha value is -3.06. The first-order chi connectivity index (χ1) is 13.5. The number of rotatable bonds is 3. The zero-order valence-corrected chi connectivity index (χ0v) is 15.5. The van der Waals surface area contributed by atoms with Crippen molar-refractivity contribution < 1.29 is 13.9 Å². The summed E-state index contributed by atoms with van der Waals surface area (Å²) in [5.41, 5.74) is 1.02. The van der Waals surface area contributed by atoms with Gasteiger partial charge >= 0.3 is 0 Å². The molecular formula is C21H20FN3O3. The van der Waals surface area contributed by atoms with Crippen molar-refractivity contribution in [1.29, 1.82) is 0 Å². The summed E-state index contributed by atoms with van der Waals surface area (Å²) in [6.45, 7) is 2.85. The van der Waals surface area contributed by atoms with Crippen LogP contribution in [0.2, 0.25) is 0 Å². The summed E-state index contributed by atoms with van der Waals surface area (Å²) >= 11 is 0. The highest BCUT2D eigenvalue weighted by Gasteiger charge is 2.26. The Morgan fingerprint density at radius 1 is 1.25 bits per heavy atom. The zero-order valence-electron chi connectivity index (χ0n) is 15.5. The minimum Gasteiger partial charge on any atom is -0.370 e. The number of halogens is 1. The molecule has 1 unspecified atom stereocenters. The van der Waals surface area contributed by atoms with Gasteiger partial charge in [-0.1, -0.05) is 30.3 Å². The van der Waals surface area contributed by atoms with E-state index in [1.807, 2.05) is 30.3 Å². The number of aromatic nitrogens is 2. The van der Waals surface area contributed by atoms with Gasteiger partial charge in [0.1, 0.15) is 24.3 Å². The molecule has 2 aromatic carbocycles. The van der Waals surface area contributed by atoms with Gasteiger partial charge in [-0.25, -0.2) is 9.37 Å². The normalized spacial score (nSPS) is 17.1. The summed E-state index contributed by atoms with van der Waals surface area (Å²) in [6.07, 6.45) is -0.194. The summed E-state index contributed by atoms with van der Waals surface area (Å²) < 4.78 is 20.6. The van der Waals surface area contributed by atoms with Crippen molar-refractivity contribution in [1.82, 2.24) is 14.5 Å². The average molecular weight is 381 g/mol. The fourth-order valence-electron chi connectivity index (χ4n) is 3.47. The number of fused-ring (bicyclic) bond motifs is 1. The van der Waals surface area contributed by atoms with Crippen molar-refractivity contribution in [2.75, 3.05) is 19.7 Å². The molecule has 0 radical (unpaired) electrons. The van der Waals surface area contributed by atoms with Gasteiger partial charge in [0.05, 0.1) is 24.1 Å². The number of benzene rings is 2. The minimum atomic E-state index is -0.507. The molecule has 0 bridgehead atoms. The van der Waals surface area contributed by atoms with Gasteiger partial charge in [-0.15, -0.1) is 0 Å². The second-order valence-electron chi connectivity index (χ2n) is 6.82. The van der Waals surface area contributed by atoms with Crippen molar-refractivity contribution in [3.8, 4) is 0 Å². The Bertz CT molecular complexity index is 1080. The molecule has 3 aromatic rings. The first-order valence-corrected chi connectivity index (χ1v) is 9.14. The molecule has 2 heterocycles. The molecule has 1 amide bonds. The maximum Gasteiger partial charge on any atom is 0.261 e. The van der Waals surface area contributed by atoms with Gasteiger partial charge in [-0.2, -0.15) is 0 Å². The second kappa shape index (κ2) is 7.52. The fraction of sp³-hybridized carbons (Fsp3) is 0.286. The van der Waals surface area contributed by atoms with E-state index in [4.69, 9.17) is 4.74 Å². The predicted molar refractivity (Wildman–Crippen MR) is 102 cm³/mol. The zero-order chi connectivity index (χ0) is 19.7. The molecule has 0 saturated carbocycles. The van der Waals surface area contributed by atoms with E-state index in [9.17, 15) is 14.0 Å². The lowest BCUT2D eigenvalue weighted by Gasteiger charge is -2.33. The Balaban J connectivity index is 1.57. The number of nitrogens with zero attached hydrogens (tertiary/aromatic N) is 3. The van der Waals surface area contributed by atoms with Crippen LogP contribution in [0.4, 0.5) is 4.39 Å². The van der Waals surface area contributed by atoms with Crippen LogP contribution in [-0.4, -0.2) is 40.1 Å². The number of hydrogen-bond donors (Lipinski definition) is 0. The maximum atomic E-state index is 13.5. The highest BCUT2D eigenvalue weighted by Crippen LogP contribution is 2.22. The molecule has 1 atom stereocenters. The Morgan fingerprint density at radius 3 is 2.82 bits per heavy atom. The van der Waals surface area contributed by atoms with Crippen LogP contribution in [0.1, 0.15) is 17.5 Å². The lowest BCUT2D eigenvalue weighted by atomic mass is 10.1. The number of morpholine rings is 1. The van der Waals surface area contributed by atoms with Crippen LogP contribution in [0.25, 0.3) is 10.9 Å². The summed E-state index contributed by atoms with van der Waals surface area (Å²) in [5, 5.41) is 0.169. The van der Waals surface area contributed by atoms with Crippen LogP contribution in [0.3, 0.4) is 0 Å². The van der Waals surface area contributed by atoms with E-state index in [-0.39, 0.29) is 23.9 Å². The third-order valence-electron chi connectivity index (χ3n) is 4.99. The molecule has 1 fully saturated rings. The maximum absolute atomic E-state index is 13.5. The highest BCUT2D eigenvalue weighted by atomic mass is 19.1. The molecule has 144 valence electrons. The van der Waals surface area contributed by atoms with Crippen LogP contribution in [0.5, 0.6) is 0 Å². The number of hydrogen-bond acceptors (Lipinski definition) is 4. The van der Waals surface area contributed by atoms with E-state index in [2.05, 4.69) is 4.98 Å². The van der Waals surface area contributed by atoms with E-state index in [1.54, 1.807) is 11.8 Å². The quantitative estimate of drug-likeness (QED) is 0.699. The third-order valence-corrected chi connectivity index (χ3v) is 4.99. The number of carbonyl (C=O) groups is 1. The van der Waals surface area contributed by atoms with Gasteiger partial charge in [-0.05, 0) is 30.7 Å². The number of amides is 1. The van der Waals surface area contributed by atoms with Crippen molar-refractivity contribution in [3.63, 3.8) is 0 Å². The molecule has 6 nitrogen and oxygen atoms in total. The van der Waals surface area contributed by atoms with Gasteiger partial charge < -0.3 is 9.64 Å². The Kier molecular flexibility index (Phi) is 4.92. The predicted octanol–water partition coefficient (Wildman–Crippen LogP) is 2.44. The highest BCUT2D eigenvalue weighted by molar-refractivity contribution is 5.79. The monoisotopic (exact) mass is 381 g/mol. The summed E-state index contributed by atoms with van der Waals surface area (Å²) in [7, 11) is 0. The molecule has 28 heavy (non-hydrogen) atoms. The van der Waals surface area contributed by atoms with Crippen molar-refractivity contribution in [2.45, 2.75) is 19.6 Å². The Labute approximate surface area is 161 Å². The smallest absolute Gasteiger partial charge is 0.261 e. The number of ether oxygens (including phenoxy) is 1. The molecule has 4 rings (SSSR count). The lowest BCUT2D eigenvalue weighted by molar-refractivity contribution is -0.139. The van der Waals surface area contributed by atoms with E-state index in [0.29, 0.717) is 31.0 Å². The second-order valence-corrected chi connectivity index (χ2v) is 6.82. The topological polar surface area (TPSA) is 64.4 Å². The van der Waals surface area contributed by atoms with Crippen LogP contribution < -0.4 is 5.56 Å². The van der Waals surface area contributed by atoms with E-state index in [0.717, 1.165) is 11.6 Å². The molecule has 0 aliphatic carbocycles. The molecular weight excluding hydrogens is 361 g/mol. The first-order valence-electron chi connectivity index (χ1n) is 9.14. The minimum absolute atomic E-state index is 0.133. The Morgan fingerprint density at radius 2 is 2.04 bits per heavy atom. The van der Waals surface area contributed by atoms with Crippen LogP contribution in [0.15, 0.2) is 53.3 Å². The van der Waals surface area contributed by atoms with Crippen LogP contribution in [-0.2, 0) is 16.1 Å². The third kappa shape index (κ3) is 3.53. The van der Waals surface area contributed by atoms with Crippen molar-refractivity contribution in [2.24, 2.45) is 0 Å². The van der Waals surface area contributed by atoms with Crippen molar-refractivity contribution >= 4 is 16.8 Å². The first kappa shape index (κ1) is 18.3. The molecule has 0 spiro atoms. The van der Waals surface area contributed by atoms with Gasteiger partial charge in [0, 0.05) is 6.54 Å². The van der Waals surface area contributed by atoms with E-state index in [1.165, 1.54) is 16.7 Å². The largest absolute Gasteiger partial charge is 0.370 e. The summed E-state index contributed by atoms with van der Waals surface area (Å²) in [5.74, 6) is -0.274. The molecule has 0 N–H and O–H groups in total. The fourth-order valence-corrected chi connectivity index (χ4v) is 3.47. The molecule has 1 saturated heterocycles. The summed E-state index contributed by atoms with van der Waals surface area (Å²) in [6, 6.07) is 13.6. The molecule has 7 heteroatoms. The van der Waals surface area contributed by atoms with E-state index < -0.39 is 11.4 Å². The van der Waals surface area contributed by atoms with Gasteiger partial charge in [-0.3, -0.25) is 14.2 Å². The van der Waals surface area contributed by atoms with Gasteiger partial charge in [0.25, 0.3) is 5.56 Å². The summed E-state index contributed by atoms with van der Waals surface area (Å²) in [4.78, 5) is 31.7. The lowest BCUT2D eigenvalue weighted by Crippen LogP contribution is -2.45. The number of aryl methyl sites for hydroxylation is 1. The molecule has 1 aromatic heterocycles. The SMILES string of the molecule is Cc1nc2ccc(F)cc2c(=O)n1CC(=O)N1CCOC(c2ccccc2)C1. The molecule has 1 aliphatic rings. The molecule has 1 aliphatic heterocycles. The van der Waals surface area contributed by atoms with Gasteiger partial charge in [0.2, 0.25) is 5.91 Å². The standard InChI is InChI=1S/C21H20FN3O3/c1-14-23-18-8-7-16(22)11-17(18)21(27)25(14)13-20(26)24-9-10-28-19(12-24)15-5-3-2-4-6-15/h2-8,11,19H,9-10,12-13H2,1H3. The van der Waals surface area contributed by atoms with Crippen LogP contribution in [0, 0.1) is 12.7 Å².